The standard InChI is InChI=1S/C6H6Cl3NS/c1-10-4-2-3-5(10)11-6(7,8)9/h2-4H,1H3. The van der Waals surface area contributed by atoms with Crippen molar-refractivity contribution < 1.29 is 0 Å². The lowest BCUT2D eigenvalue weighted by atomic mass is 10.7. The van der Waals surface area contributed by atoms with E-state index in [1.165, 1.54) is 11.8 Å². The molecule has 11 heavy (non-hydrogen) atoms. The first-order chi connectivity index (χ1) is 4.99. The molecule has 1 heterocycles. The Labute approximate surface area is 84.6 Å². The molecule has 0 saturated carbocycles. The summed E-state index contributed by atoms with van der Waals surface area (Å²) in [6, 6.07) is 3.80. The van der Waals surface area contributed by atoms with Crippen LogP contribution in [0.25, 0.3) is 0 Å². The quantitative estimate of drug-likeness (QED) is 0.528. The normalized spacial score (nSPS) is 12.0. The van der Waals surface area contributed by atoms with Crippen molar-refractivity contribution in [2.24, 2.45) is 7.05 Å². The average Bonchev–Trinajstić information content (AvgIpc) is 2.12. The van der Waals surface area contributed by atoms with E-state index in [0.717, 1.165) is 5.03 Å². The first-order valence-corrected chi connectivity index (χ1v) is 4.81. The zero-order chi connectivity index (χ0) is 8.48. The van der Waals surface area contributed by atoms with Crippen molar-refractivity contribution >= 4 is 46.6 Å². The second-order valence-corrected chi connectivity index (χ2v) is 6.19. The molecule has 1 aromatic rings. The first-order valence-electron chi connectivity index (χ1n) is 2.86. The summed E-state index contributed by atoms with van der Waals surface area (Å²) in [6.07, 6.45) is 1.90. The number of rotatable bonds is 1. The second kappa shape index (κ2) is 3.48. The Bertz CT molecular complexity index is 240. The van der Waals surface area contributed by atoms with E-state index in [9.17, 15) is 0 Å². The van der Waals surface area contributed by atoms with Crippen LogP contribution in [0, 0.1) is 0 Å². The summed E-state index contributed by atoms with van der Waals surface area (Å²) in [5.41, 5.74) is 0. The zero-order valence-corrected chi connectivity index (χ0v) is 8.81. The van der Waals surface area contributed by atoms with Gasteiger partial charge in [-0.2, -0.15) is 0 Å². The highest BCUT2D eigenvalue weighted by Crippen LogP contribution is 2.43. The molecule has 0 bridgehead atoms. The fourth-order valence-electron chi connectivity index (χ4n) is 0.670. The van der Waals surface area contributed by atoms with E-state index in [2.05, 4.69) is 0 Å². The number of alkyl halides is 3. The molecule has 0 aliphatic carbocycles. The third kappa shape index (κ3) is 3.16. The van der Waals surface area contributed by atoms with Crippen molar-refractivity contribution in [2.75, 3.05) is 0 Å². The van der Waals surface area contributed by atoms with Crippen molar-refractivity contribution in [3.63, 3.8) is 0 Å². The van der Waals surface area contributed by atoms with Crippen LogP contribution < -0.4 is 0 Å². The van der Waals surface area contributed by atoms with Gasteiger partial charge in [0.25, 0.3) is 0 Å². The molecular weight excluding hydrogens is 224 g/mol. The molecule has 0 aromatic carbocycles. The molecule has 1 aromatic heterocycles. The summed E-state index contributed by atoms with van der Waals surface area (Å²) in [4.78, 5) is 0. The van der Waals surface area contributed by atoms with Gasteiger partial charge < -0.3 is 4.57 Å². The summed E-state index contributed by atoms with van der Waals surface area (Å²) >= 11 is 17.9. The molecular formula is C6H6Cl3NS. The largest absolute Gasteiger partial charge is 0.346 e. The molecule has 0 atom stereocenters. The lowest BCUT2D eigenvalue weighted by molar-refractivity contribution is 0.829. The molecule has 0 unspecified atom stereocenters. The van der Waals surface area contributed by atoms with Crippen LogP contribution >= 0.6 is 46.6 Å². The maximum atomic E-state index is 5.58. The van der Waals surface area contributed by atoms with E-state index in [1.807, 2.05) is 29.9 Å². The molecule has 62 valence electrons. The third-order valence-electron chi connectivity index (χ3n) is 1.12. The molecule has 1 nitrogen and oxygen atoms in total. The SMILES string of the molecule is Cn1cccc1SC(Cl)(Cl)Cl. The molecule has 1 rings (SSSR count). The Morgan fingerprint density at radius 3 is 2.45 bits per heavy atom. The van der Waals surface area contributed by atoms with Crippen molar-refractivity contribution in [2.45, 2.75) is 8.15 Å². The van der Waals surface area contributed by atoms with Crippen LogP contribution in [0.4, 0.5) is 0 Å². The van der Waals surface area contributed by atoms with Crippen LogP contribution in [-0.2, 0) is 7.05 Å². The molecule has 0 N–H and O–H groups in total. The number of nitrogens with zero attached hydrogens (tertiary/aromatic N) is 1. The topological polar surface area (TPSA) is 4.93 Å². The highest BCUT2D eigenvalue weighted by Gasteiger charge is 2.22. The lowest BCUT2D eigenvalue weighted by Crippen LogP contribution is -1.96. The number of thioether (sulfide) groups is 1. The van der Waals surface area contributed by atoms with Gasteiger partial charge in [-0.25, -0.2) is 0 Å². The summed E-state index contributed by atoms with van der Waals surface area (Å²) in [7, 11) is 1.90. The Balaban J connectivity index is 2.72. The van der Waals surface area contributed by atoms with Crippen molar-refractivity contribution in [3.05, 3.63) is 18.3 Å². The summed E-state index contributed by atoms with van der Waals surface area (Å²) in [5.74, 6) is 0. The van der Waals surface area contributed by atoms with Gasteiger partial charge in [0, 0.05) is 13.2 Å². The van der Waals surface area contributed by atoms with Crippen molar-refractivity contribution in [1.82, 2.24) is 4.57 Å². The van der Waals surface area contributed by atoms with Gasteiger partial charge in [0.15, 0.2) is 0 Å². The van der Waals surface area contributed by atoms with Gasteiger partial charge in [0.1, 0.15) is 0 Å². The number of aromatic nitrogens is 1. The van der Waals surface area contributed by atoms with Gasteiger partial charge in [-0.1, -0.05) is 46.6 Å². The minimum absolute atomic E-state index is 0.935. The van der Waals surface area contributed by atoms with Crippen LogP contribution in [0.1, 0.15) is 0 Å². The van der Waals surface area contributed by atoms with Crippen LogP contribution in [0.5, 0.6) is 0 Å². The predicted octanol–water partition coefficient (Wildman–Crippen LogP) is 3.44. The highest BCUT2D eigenvalue weighted by atomic mass is 35.6. The van der Waals surface area contributed by atoms with Gasteiger partial charge >= 0.3 is 0 Å². The summed E-state index contributed by atoms with van der Waals surface area (Å²) in [6.45, 7) is 0. The average molecular weight is 231 g/mol. The van der Waals surface area contributed by atoms with Crippen LogP contribution in [0.2, 0.25) is 0 Å². The Hall–Kier alpha value is 0.500. The van der Waals surface area contributed by atoms with Gasteiger partial charge in [-0.15, -0.1) is 0 Å². The van der Waals surface area contributed by atoms with Gasteiger partial charge in [0.05, 0.1) is 5.03 Å². The fraction of sp³-hybridized carbons (Fsp3) is 0.333. The monoisotopic (exact) mass is 229 g/mol. The maximum Gasteiger partial charge on any atom is 0.243 e. The molecule has 0 spiro atoms. The number of hydrogen-bond acceptors (Lipinski definition) is 1. The minimum Gasteiger partial charge on any atom is -0.346 e. The van der Waals surface area contributed by atoms with E-state index in [-0.39, 0.29) is 0 Å². The lowest BCUT2D eigenvalue weighted by Gasteiger charge is -2.09. The maximum absolute atomic E-state index is 5.58. The first kappa shape index (κ1) is 9.59. The number of halogens is 3. The van der Waals surface area contributed by atoms with E-state index in [1.54, 1.807) is 0 Å². The smallest absolute Gasteiger partial charge is 0.243 e. The molecule has 0 fully saturated rings. The second-order valence-electron chi connectivity index (χ2n) is 2.01. The summed E-state index contributed by atoms with van der Waals surface area (Å²) in [5, 5.41) is 0.935. The Morgan fingerprint density at radius 2 is 2.09 bits per heavy atom. The van der Waals surface area contributed by atoms with Gasteiger partial charge in [-0.05, 0) is 12.1 Å². The van der Waals surface area contributed by atoms with Gasteiger partial charge in [0.2, 0.25) is 3.12 Å². The molecule has 0 saturated heterocycles. The molecule has 0 aliphatic heterocycles. The molecule has 0 amide bonds. The van der Waals surface area contributed by atoms with Crippen LogP contribution in [0.3, 0.4) is 0 Å². The Morgan fingerprint density at radius 1 is 1.45 bits per heavy atom. The molecule has 0 aliphatic rings. The van der Waals surface area contributed by atoms with E-state index in [4.69, 9.17) is 34.8 Å². The predicted molar refractivity (Wildman–Crippen MR) is 51.6 cm³/mol. The summed E-state index contributed by atoms with van der Waals surface area (Å²) < 4.78 is 0.624. The third-order valence-corrected chi connectivity index (χ3v) is 2.68. The Kier molecular flexibility index (Phi) is 3.03. The van der Waals surface area contributed by atoms with E-state index in [0.29, 0.717) is 0 Å². The van der Waals surface area contributed by atoms with Crippen LogP contribution in [-0.4, -0.2) is 7.69 Å². The van der Waals surface area contributed by atoms with Crippen molar-refractivity contribution in [3.8, 4) is 0 Å². The van der Waals surface area contributed by atoms with Crippen molar-refractivity contribution in [1.29, 1.82) is 0 Å². The van der Waals surface area contributed by atoms with Crippen LogP contribution in [0.15, 0.2) is 23.4 Å². The minimum atomic E-state index is -1.27. The zero-order valence-electron chi connectivity index (χ0n) is 5.72. The van der Waals surface area contributed by atoms with E-state index >= 15 is 0 Å². The van der Waals surface area contributed by atoms with E-state index < -0.39 is 3.12 Å². The fourth-order valence-corrected chi connectivity index (χ4v) is 1.97. The number of hydrogen-bond donors (Lipinski definition) is 0. The molecule has 5 heteroatoms. The molecule has 0 radical (unpaired) electrons. The highest BCUT2D eigenvalue weighted by molar-refractivity contribution is 8.04. The number of aryl methyl sites for hydroxylation is 1. The van der Waals surface area contributed by atoms with Gasteiger partial charge in [-0.3, -0.25) is 0 Å².